The molecule has 4 N–H and O–H groups in total. The minimum atomic E-state index is 0.123. The van der Waals surface area contributed by atoms with Gasteiger partial charge in [0.25, 0.3) is 0 Å². The first kappa shape index (κ1) is 14.9. The van der Waals surface area contributed by atoms with E-state index in [4.69, 9.17) is 11.5 Å². The van der Waals surface area contributed by atoms with Gasteiger partial charge in [0.15, 0.2) is 5.16 Å². The van der Waals surface area contributed by atoms with Crippen LogP contribution in [-0.4, -0.2) is 39.6 Å². The lowest BCUT2D eigenvalue weighted by atomic mass is 9.92. The van der Waals surface area contributed by atoms with Crippen molar-refractivity contribution < 1.29 is 4.79 Å². The predicted molar refractivity (Wildman–Crippen MR) is 81.1 cm³/mol. The number of hydrogen-bond donors (Lipinski definition) is 2. The van der Waals surface area contributed by atoms with Crippen LogP contribution in [0.3, 0.4) is 0 Å². The molecule has 20 heavy (non-hydrogen) atoms. The van der Waals surface area contributed by atoms with Crippen molar-refractivity contribution in [2.24, 2.45) is 11.8 Å². The highest BCUT2D eigenvalue weighted by molar-refractivity contribution is 7.99. The first-order chi connectivity index (χ1) is 9.44. The Morgan fingerprint density at radius 3 is 2.40 bits per heavy atom. The number of rotatable bonds is 3. The number of nitrogens with two attached hydrogens (primary N) is 2. The van der Waals surface area contributed by atoms with Crippen molar-refractivity contribution in [3.05, 3.63) is 6.07 Å². The van der Waals surface area contributed by atoms with Crippen molar-refractivity contribution >= 4 is 29.3 Å². The summed E-state index contributed by atoms with van der Waals surface area (Å²) in [5.41, 5.74) is 11.2. The molecule has 0 aromatic carbocycles. The quantitative estimate of drug-likeness (QED) is 0.643. The molecule has 0 unspecified atom stereocenters. The predicted octanol–water partition coefficient (Wildman–Crippen LogP) is 1.24. The molecule has 1 saturated heterocycles. The summed E-state index contributed by atoms with van der Waals surface area (Å²) in [7, 11) is 0. The van der Waals surface area contributed by atoms with Crippen LogP contribution >= 0.6 is 11.8 Å². The van der Waals surface area contributed by atoms with Crippen LogP contribution in [-0.2, 0) is 4.79 Å². The molecule has 1 aliphatic rings. The average Bonchev–Trinajstić information content (AvgIpc) is 2.33. The molecule has 110 valence electrons. The summed E-state index contributed by atoms with van der Waals surface area (Å²) in [5.74, 6) is 2.22. The van der Waals surface area contributed by atoms with E-state index in [9.17, 15) is 4.79 Å². The lowest BCUT2D eigenvalue weighted by molar-refractivity contribution is -0.130. The maximum Gasteiger partial charge on any atom is 0.233 e. The summed E-state index contributed by atoms with van der Waals surface area (Å²) in [6.07, 6.45) is 1.19. The van der Waals surface area contributed by atoms with Crippen LogP contribution in [0.15, 0.2) is 11.2 Å². The highest BCUT2D eigenvalue weighted by atomic mass is 32.2. The maximum atomic E-state index is 12.2. The number of nitrogen functional groups attached to an aromatic ring is 2. The topological polar surface area (TPSA) is 98.1 Å². The third-order valence-electron chi connectivity index (χ3n) is 3.29. The summed E-state index contributed by atoms with van der Waals surface area (Å²) in [4.78, 5) is 22.3. The normalized spacial score (nSPS) is 22.8. The third-order valence-corrected chi connectivity index (χ3v) is 4.12. The number of amides is 1. The number of piperidine rings is 1. The van der Waals surface area contributed by atoms with Gasteiger partial charge < -0.3 is 16.4 Å². The first-order valence-corrected chi connectivity index (χ1v) is 7.73. The summed E-state index contributed by atoms with van der Waals surface area (Å²) < 4.78 is 0. The fourth-order valence-corrected chi connectivity index (χ4v) is 3.39. The van der Waals surface area contributed by atoms with E-state index in [1.54, 1.807) is 0 Å². The number of thioether (sulfide) groups is 1. The SMILES string of the molecule is C[C@@H]1C[C@@H](C)CN(C(=O)CSc2nc(N)cc(N)n2)C1. The number of likely N-dealkylation sites (tertiary alicyclic amines) is 1. The van der Waals surface area contributed by atoms with Crippen LogP contribution in [0.5, 0.6) is 0 Å². The molecule has 0 bridgehead atoms. The van der Waals surface area contributed by atoms with Gasteiger partial charge in [0.1, 0.15) is 11.6 Å². The second kappa shape index (κ2) is 6.30. The van der Waals surface area contributed by atoms with E-state index in [0.29, 0.717) is 34.4 Å². The summed E-state index contributed by atoms with van der Waals surface area (Å²) in [5, 5.41) is 0.453. The molecule has 2 heterocycles. The van der Waals surface area contributed by atoms with E-state index in [0.717, 1.165) is 13.1 Å². The molecule has 0 radical (unpaired) electrons. The zero-order valence-corrected chi connectivity index (χ0v) is 12.7. The van der Waals surface area contributed by atoms with E-state index < -0.39 is 0 Å². The lowest BCUT2D eigenvalue weighted by Gasteiger charge is -2.34. The number of aromatic nitrogens is 2. The Kier molecular flexibility index (Phi) is 4.69. The molecular weight excluding hydrogens is 274 g/mol. The van der Waals surface area contributed by atoms with Crippen molar-refractivity contribution in [1.29, 1.82) is 0 Å². The van der Waals surface area contributed by atoms with Crippen molar-refractivity contribution in [3.8, 4) is 0 Å². The second-order valence-corrected chi connectivity index (χ2v) is 6.48. The summed E-state index contributed by atoms with van der Waals surface area (Å²) in [6, 6.07) is 1.50. The van der Waals surface area contributed by atoms with Crippen LogP contribution < -0.4 is 11.5 Å². The molecule has 0 spiro atoms. The van der Waals surface area contributed by atoms with Crippen molar-refractivity contribution in [3.63, 3.8) is 0 Å². The Bertz CT molecular complexity index is 465. The van der Waals surface area contributed by atoms with Gasteiger partial charge in [0.05, 0.1) is 5.75 Å². The molecule has 1 aliphatic heterocycles. The molecule has 1 amide bonds. The molecule has 1 aromatic rings. The van der Waals surface area contributed by atoms with Crippen LogP contribution in [0.4, 0.5) is 11.6 Å². The smallest absolute Gasteiger partial charge is 0.233 e. The van der Waals surface area contributed by atoms with Crippen LogP contribution in [0.25, 0.3) is 0 Å². The molecule has 7 heteroatoms. The number of anilines is 2. The highest BCUT2D eigenvalue weighted by Gasteiger charge is 2.25. The van der Waals surface area contributed by atoms with Crippen molar-refractivity contribution in [1.82, 2.24) is 14.9 Å². The minimum absolute atomic E-state index is 0.123. The van der Waals surface area contributed by atoms with E-state index >= 15 is 0 Å². The van der Waals surface area contributed by atoms with Crippen LogP contribution in [0.2, 0.25) is 0 Å². The average molecular weight is 295 g/mol. The van der Waals surface area contributed by atoms with E-state index in [1.807, 2.05) is 4.90 Å². The van der Waals surface area contributed by atoms with Gasteiger partial charge in [-0.2, -0.15) is 0 Å². The number of hydrogen-bond acceptors (Lipinski definition) is 6. The molecule has 6 nitrogen and oxygen atoms in total. The lowest BCUT2D eigenvalue weighted by Crippen LogP contribution is -2.43. The Labute approximate surface area is 123 Å². The molecule has 1 aromatic heterocycles. The van der Waals surface area contributed by atoms with Gasteiger partial charge in [-0.3, -0.25) is 4.79 Å². The highest BCUT2D eigenvalue weighted by Crippen LogP contribution is 2.23. The van der Waals surface area contributed by atoms with Gasteiger partial charge in [-0.1, -0.05) is 25.6 Å². The largest absolute Gasteiger partial charge is 0.383 e. The molecule has 2 atom stereocenters. The molecule has 0 aliphatic carbocycles. The van der Waals surface area contributed by atoms with E-state index in [1.165, 1.54) is 24.2 Å². The third kappa shape index (κ3) is 4.00. The fraction of sp³-hybridized carbons (Fsp3) is 0.615. The number of nitrogens with zero attached hydrogens (tertiary/aromatic N) is 3. The van der Waals surface area contributed by atoms with Gasteiger partial charge in [-0.15, -0.1) is 0 Å². The van der Waals surface area contributed by atoms with Gasteiger partial charge in [-0.25, -0.2) is 9.97 Å². The molecule has 1 fully saturated rings. The Hall–Kier alpha value is -1.50. The zero-order chi connectivity index (χ0) is 14.7. The summed E-state index contributed by atoms with van der Waals surface area (Å²) >= 11 is 1.28. The Morgan fingerprint density at radius 1 is 1.30 bits per heavy atom. The van der Waals surface area contributed by atoms with Crippen molar-refractivity contribution in [2.75, 3.05) is 30.3 Å². The van der Waals surface area contributed by atoms with E-state index in [2.05, 4.69) is 23.8 Å². The van der Waals surface area contributed by atoms with E-state index in [-0.39, 0.29) is 5.91 Å². The van der Waals surface area contributed by atoms with Gasteiger partial charge in [-0.05, 0) is 18.3 Å². The maximum absolute atomic E-state index is 12.2. The minimum Gasteiger partial charge on any atom is -0.383 e. The fourth-order valence-electron chi connectivity index (χ4n) is 2.61. The number of carbonyl (C=O) groups is 1. The van der Waals surface area contributed by atoms with Gasteiger partial charge in [0, 0.05) is 19.2 Å². The standard InChI is InChI=1S/C13H21N5OS/c1-8-3-9(2)6-18(5-8)12(19)7-20-13-16-10(14)4-11(15)17-13/h4,8-9H,3,5-7H2,1-2H3,(H4,14,15,16,17)/t8-,9-/m1/s1. The monoisotopic (exact) mass is 295 g/mol. The molecular formula is C13H21N5OS. The Balaban J connectivity index is 1.91. The van der Waals surface area contributed by atoms with Crippen LogP contribution in [0.1, 0.15) is 20.3 Å². The molecule has 0 saturated carbocycles. The summed E-state index contributed by atoms with van der Waals surface area (Å²) in [6.45, 7) is 6.04. The first-order valence-electron chi connectivity index (χ1n) is 6.74. The van der Waals surface area contributed by atoms with Crippen molar-refractivity contribution in [2.45, 2.75) is 25.4 Å². The zero-order valence-electron chi connectivity index (χ0n) is 11.9. The van der Waals surface area contributed by atoms with Crippen LogP contribution in [0, 0.1) is 11.8 Å². The number of carbonyl (C=O) groups excluding carboxylic acids is 1. The Morgan fingerprint density at radius 2 is 1.85 bits per heavy atom. The second-order valence-electron chi connectivity index (χ2n) is 5.53. The molecule has 2 rings (SSSR count). The van der Waals surface area contributed by atoms with Gasteiger partial charge in [0.2, 0.25) is 5.91 Å². The van der Waals surface area contributed by atoms with Gasteiger partial charge >= 0.3 is 0 Å².